The molecule has 0 N–H and O–H groups in total. The molecule has 0 aliphatic heterocycles. The molecular formula is C10H18O. The SMILES string of the molecule is CCCCOCCC1C=C1C. The molecule has 1 unspecified atom stereocenters. The van der Waals surface area contributed by atoms with Crippen molar-refractivity contribution in [3.05, 3.63) is 11.6 Å². The van der Waals surface area contributed by atoms with Gasteiger partial charge < -0.3 is 4.74 Å². The Hall–Kier alpha value is -0.300. The van der Waals surface area contributed by atoms with Crippen molar-refractivity contribution in [3.63, 3.8) is 0 Å². The summed E-state index contributed by atoms with van der Waals surface area (Å²) in [7, 11) is 0. The topological polar surface area (TPSA) is 9.23 Å². The third-order valence-corrected chi connectivity index (χ3v) is 2.16. The van der Waals surface area contributed by atoms with Gasteiger partial charge in [-0.15, -0.1) is 0 Å². The zero-order valence-corrected chi connectivity index (χ0v) is 7.60. The second-order valence-corrected chi connectivity index (χ2v) is 3.27. The van der Waals surface area contributed by atoms with Crippen molar-refractivity contribution >= 4 is 0 Å². The highest BCUT2D eigenvalue weighted by Gasteiger charge is 2.18. The van der Waals surface area contributed by atoms with E-state index in [9.17, 15) is 0 Å². The number of unbranched alkanes of at least 4 members (excludes halogenated alkanes) is 1. The third-order valence-electron chi connectivity index (χ3n) is 2.16. The molecule has 0 radical (unpaired) electrons. The maximum atomic E-state index is 5.44. The summed E-state index contributed by atoms with van der Waals surface area (Å²) in [6.07, 6.45) is 5.95. The molecule has 0 fully saturated rings. The third kappa shape index (κ3) is 3.57. The molecular weight excluding hydrogens is 136 g/mol. The number of hydrogen-bond donors (Lipinski definition) is 0. The van der Waals surface area contributed by atoms with Gasteiger partial charge in [0, 0.05) is 13.2 Å². The molecule has 0 bridgehead atoms. The summed E-state index contributed by atoms with van der Waals surface area (Å²) >= 11 is 0. The van der Waals surface area contributed by atoms with Crippen LogP contribution in [-0.2, 0) is 4.74 Å². The second kappa shape index (κ2) is 4.55. The fraction of sp³-hybridized carbons (Fsp3) is 0.800. The van der Waals surface area contributed by atoms with Crippen molar-refractivity contribution < 1.29 is 4.74 Å². The number of rotatable bonds is 6. The molecule has 1 heteroatoms. The van der Waals surface area contributed by atoms with Gasteiger partial charge >= 0.3 is 0 Å². The van der Waals surface area contributed by atoms with Crippen LogP contribution in [0.3, 0.4) is 0 Å². The fourth-order valence-corrected chi connectivity index (χ4v) is 1.14. The van der Waals surface area contributed by atoms with Gasteiger partial charge in [-0.25, -0.2) is 0 Å². The van der Waals surface area contributed by atoms with Gasteiger partial charge in [0.1, 0.15) is 0 Å². The van der Waals surface area contributed by atoms with Gasteiger partial charge in [-0.2, -0.15) is 0 Å². The van der Waals surface area contributed by atoms with Crippen molar-refractivity contribution in [1.82, 2.24) is 0 Å². The zero-order valence-electron chi connectivity index (χ0n) is 7.60. The van der Waals surface area contributed by atoms with E-state index in [1.165, 1.54) is 19.3 Å². The Morgan fingerprint density at radius 1 is 1.45 bits per heavy atom. The lowest BCUT2D eigenvalue weighted by atomic mass is 10.2. The summed E-state index contributed by atoms with van der Waals surface area (Å²) in [5.41, 5.74) is 1.55. The quantitative estimate of drug-likeness (QED) is 0.422. The maximum Gasteiger partial charge on any atom is 0.0474 e. The summed E-state index contributed by atoms with van der Waals surface area (Å²) in [4.78, 5) is 0. The zero-order chi connectivity index (χ0) is 8.10. The molecule has 64 valence electrons. The van der Waals surface area contributed by atoms with Gasteiger partial charge in [-0.1, -0.05) is 25.0 Å². The minimum Gasteiger partial charge on any atom is -0.381 e. The van der Waals surface area contributed by atoms with Gasteiger partial charge in [0.2, 0.25) is 0 Å². The van der Waals surface area contributed by atoms with E-state index in [4.69, 9.17) is 4.74 Å². The Morgan fingerprint density at radius 3 is 2.73 bits per heavy atom. The van der Waals surface area contributed by atoms with Crippen LogP contribution in [0.25, 0.3) is 0 Å². The van der Waals surface area contributed by atoms with E-state index >= 15 is 0 Å². The summed E-state index contributed by atoms with van der Waals surface area (Å²) in [5.74, 6) is 0.789. The van der Waals surface area contributed by atoms with Gasteiger partial charge in [0.25, 0.3) is 0 Å². The van der Waals surface area contributed by atoms with Crippen LogP contribution in [0.1, 0.15) is 33.1 Å². The molecule has 0 saturated carbocycles. The molecule has 0 saturated heterocycles. The molecule has 0 heterocycles. The smallest absolute Gasteiger partial charge is 0.0474 e. The van der Waals surface area contributed by atoms with Crippen LogP contribution in [-0.4, -0.2) is 13.2 Å². The molecule has 0 aromatic rings. The molecule has 0 aromatic heterocycles. The van der Waals surface area contributed by atoms with Crippen LogP contribution in [0.15, 0.2) is 11.6 Å². The largest absolute Gasteiger partial charge is 0.381 e. The molecule has 0 spiro atoms. The number of hydrogen-bond acceptors (Lipinski definition) is 1. The van der Waals surface area contributed by atoms with Crippen molar-refractivity contribution in [2.45, 2.75) is 33.1 Å². The Kier molecular flexibility index (Phi) is 3.64. The summed E-state index contributed by atoms with van der Waals surface area (Å²) in [6, 6.07) is 0. The van der Waals surface area contributed by atoms with E-state index in [-0.39, 0.29) is 0 Å². The van der Waals surface area contributed by atoms with Gasteiger partial charge in [0.15, 0.2) is 0 Å². The first-order chi connectivity index (χ1) is 5.34. The molecule has 1 aliphatic carbocycles. The molecule has 0 aromatic carbocycles. The highest BCUT2D eigenvalue weighted by atomic mass is 16.5. The lowest BCUT2D eigenvalue weighted by Crippen LogP contribution is -1.97. The highest BCUT2D eigenvalue weighted by molar-refractivity contribution is 5.26. The van der Waals surface area contributed by atoms with E-state index < -0.39 is 0 Å². The fourth-order valence-electron chi connectivity index (χ4n) is 1.14. The van der Waals surface area contributed by atoms with Gasteiger partial charge in [0.05, 0.1) is 0 Å². The molecule has 11 heavy (non-hydrogen) atoms. The highest BCUT2D eigenvalue weighted by Crippen LogP contribution is 2.30. The van der Waals surface area contributed by atoms with Crippen LogP contribution in [0.5, 0.6) is 0 Å². The van der Waals surface area contributed by atoms with Crippen molar-refractivity contribution in [2.24, 2.45) is 5.92 Å². The monoisotopic (exact) mass is 154 g/mol. The van der Waals surface area contributed by atoms with E-state index in [0.717, 1.165) is 19.1 Å². The minimum atomic E-state index is 0.789. The first-order valence-electron chi connectivity index (χ1n) is 4.60. The molecule has 1 aliphatic rings. The van der Waals surface area contributed by atoms with Crippen LogP contribution < -0.4 is 0 Å². The van der Waals surface area contributed by atoms with Crippen molar-refractivity contribution in [3.8, 4) is 0 Å². The van der Waals surface area contributed by atoms with Crippen LogP contribution in [0, 0.1) is 5.92 Å². The standard InChI is InChI=1S/C10H18O/c1-3-4-6-11-7-5-10-8-9(10)2/h8,10H,3-7H2,1-2H3. The lowest BCUT2D eigenvalue weighted by molar-refractivity contribution is 0.126. The average Bonchev–Trinajstić information content (AvgIpc) is 2.67. The normalized spacial score (nSPS) is 21.6. The summed E-state index contributed by atoms with van der Waals surface area (Å²) in [6.45, 7) is 6.27. The number of ether oxygens (including phenoxy) is 1. The van der Waals surface area contributed by atoms with E-state index in [2.05, 4.69) is 19.9 Å². The summed E-state index contributed by atoms with van der Waals surface area (Å²) in [5, 5.41) is 0. The predicted octanol–water partition coefficient (Wildman–Crippen LogP) is 2.77. The minimum absolute atomic E-state index is 0.789. The number of allylic oxidation sites excluding steroid dienone is 2. The Labute approximate surface area is 69.4 Å². The van der Waals surface area contributed by atoms with Crippen LogP contribution in [0.4, 0.5) is 0 Å². The molecule has 1 rings (SSSR count). The predicted molar refractivity (Wildman–Crippen MR) is 47.6 cm³/mol. The Balaban J connectivity index is 1.75. The van der Waals surface area contributed by atoms with Gasteiger partial charge in [-0.05, 0) is 25.7 Å². The van der Waals surface area contributed by atoms with E-state index in [1.54, 1.807) is 5.57 Å². The summed E-state index contributed by atoms with van der Waals surface area (Å²) < 4.78 is 5.44. The second-order valence-electron chi connectivity index (χ2n) is 3.27. The van der Waals surface area contributed by atoms with Crippen LogP contribution in [0.2, 0.25) is 0 Å². The first-order valence-corrected chi connectivity index (χ1v) is 4.60. The van der Waals surface area contributed by atoms with Crippen LogP contribution >= 0.6 is 0 Å². The maximum absolute atomic E-state index is 5.44. The molecule has 1 atom stereocenters. The molecule has 0 amide bonds. The Bertz CT molecular complexity index is 138. The van der Waals surface area contributed by atoms with E-state index in [0.29, 0.717) is 0 Å². The van der Waals surface area contributed by atoms with Crippen molar-refractivity contribution in [2.75, 3.05) is 13.2 Å². The first kappa shape index (κ1) is 8.79. The average molecular weight is 154 g/mol. The van der Waals surface area contributed by atoms with Gasteiger partial charge in [-0.3, -0.25) is 0 Å². The Morgan fingerprint density at radius 2 is 2.18 bits per heavy atom. The van der Waals surface area contributed by atoms with Crippen molar-refractivity contribution in [1.29, 1.82) is 0 Å². The van der Waals surface area contributed by atoms with E-state index in [1.807, 2.05) is 0 Å². The molecule has 1 nitrogen and oxygen atoms in total. The lowest BCUT2D eigenvalue weighted by Gasteiger charge is -2.01.